The van der Waals surface area contributed by atoms with Crippen LogP contribution in [0.15, 0.2) is 18.2 Å². The molecule has 19 heavy (non-hydrogen) atoms. The third-order valence-corrected chi connectivity index (χ3v) is 3.86. The molecule has 4 heteroatoms. The molecule has 0 bridgehead atoms. The zero-order valence-electron chi connectivity index (χ0n) is 11.2. The Kier molecular flexibility index (Phi) is 4.53. The maximum absolute atomic E-state index is 13.3. The lowest BCUT2D eigenvalue weighted by Crippen LogP contribution is -2.32. The molecule has 1 unspecified atom stereocenters. The summed E-state index contributed by atoms with van der Waals surface area (Å²) in [6.07, 6.45) is 4.68. The number of hydrogen-bond acceptors (Lipinski definition) is 2. The predicted octanol–water partition coefficient (Wildman–Crippen LogP) is 3.29. The van der Waals surface area contributed by atoms with Gasteiger partial charge in [-0.15, -0.1) is 0 Å². The second-order valence-corrected chi connectivity index (χ2v) is 5.28. The zero-order chi connectivity index (χ0) is 13.8. The Labute approximate surface area is 113 Å². The SMILES string of the molecule is CC1CCCCCN1Cc1cc(F)ccc1C(=O)O. The molecule has 104 valence electrons. The number of halogens is 1. The van der Waals surface area contributed by atoms with Crippen molar-refractivity contribution in [3.05, 3.63) is 35.1 Å². The first-order valence-electron chi connectivity index (χ1n) is 6.83. The van der Waals surface area contributed by atoms with Crippen LogP contribution in [-0.2, 0) is 6.54 Å². The average molecular weight is 265 g/mol. The van der Waals surface area contributed by atoms with E-state index in [0.29, 0.717) is 18.2 Å². The van der Waals surface area contributed by atoms with Crippen molar-refractivity contribution in [1.82, 2.24) is 4.90 Å². The third-order valence-electron chi connectivity index (χ3n) is 3.86. The van der Waals surface area contributed by atoms with E-state index in [1.165, 1.54) is 31.0 Å². The summed E-state index contributed by atoms with van der Waals surface area (Å²) >= 11 is 0. The Bertz CT molecular complexity index is 461. The molecule has 2 rings (SSSR count). The minimum absolute atomic E-state index is 0.206. The molecule has 0 aromatic heterocycles. The average Bonchev–Trinajstić information content (AvgIpc) is 2.55. The standard InChI is InChI=1S/C15H20FNO2/c1-11-5-3-2-4-8-17(11)10-12-9-13(16)6-7-14(12)15(18)19/h6-7,9,11H,2-5,8,10H2,1H3,(H,18,19). The summed E-state index contributed by atoms with van der Waals surface area (Å²) in [4.78, 5) is 13.4. The molecule has 0 spiro atoms. The second kappa shape index (κ2) is 6.15. The van der Waals surface area contributed by atoms with Gasteiger partial charge in [0.1, 0.15) is 5.82 Å². The van der Waals surface area contributed by atoms with Crippen LogP contribution in [0.3, 0.4) is 0 Å². The smallest absolute Gasteiger partial charge is 0.336 e. The van der Waals surface area contributed by atoms with Crippen LogP contribution in [-0.4, -0.2) is 28.6 Å². The van der Waals surface area contributed by atoms with Gasteiger partial charge < -0.3 is 5.11 Å². The highest BCUT2D eigenvalue weighted by atomic mass is 19.1. The summed E-state index contributed by atoms with van der Waals surface area (Å²) in [5.41, 5.74) is 0.777. The van der Waals surface area contributed by atoms with Crippen molar-refractivity contribution in [2.75, 3.05) is 6.54 Å². The quantitative estimate of drug-likeness (QED) is 0.911. The Balaban J connectivity index is 2.21. The number of hydrogen-bond donors (Lipinski definition) is 1. The number of aromatic carboxylic acids is 1. The van der Waals surface area contributed by atoms with Gasteiger partial charge in [0, 0.05) is 12.6 Å². The highest BCUT2D eigenvalue weighted by Gasteiger charge is 2.20. The van der Waals surface area contributed by atoms with Crippen molar-refractivity contribution in [2.24, 2.45) is 0 Å². The molecular weight excluding hydrogens is 245 g/mol. The predicted molar refractivity (Wildman–Crippen MR) is 71.7 cm³/mol. The molecule has 0 saturated carbocycles. The van der Waals surface area contributed by atoms with Gasteiger partial charge in [-0.2, -0.15) is 0 Å². The molecule has 1 aliphatic rings. The summed E-state index contributed by atoms with van der Waals surface area (Å²) in [5, 5.41) is 9.17. The minimum atomic E-state index is -0.988. The molecule has 1 aliphatic heterocycles. The fourth-order valence-electron chi connectivity index (χ4n) is 2.69. The normalized spacial score (nSPS) is 21.1. The Morgan fingerprint density at radius 3 is 2.95 bits per heavy atom. The van der Waals surface area contributed by atoms with Crippen LogP contribution in [0, 0.1) is 5.82 Å². The van der Waals surface area contributed by atoms with E-state index >= 15 is 0 Å². The van der Waals surface area contributed by atoms with E-state index in [2.05, 4.69) is 11.8 Å². The number of likely N-dealkylation sites (tertiary alicyclic amines) is 1. The van der Waals surface area contributed by atoms with Gasteiger partial charge in [-0.3, -0.25) is 4.90 Å². The molecule has 1 aromatic rings. The highest BCUT2D eigenvalue weighted by Crippen LogP contribution is 2.21. The maximum atomic E-state index is 13.3. The lowest BCUT2D eigenvalue weighted by atomic mass is 10.1. The Morgan fingerprint density at radius 1 is 1.42 bits per heavy atom. The van der Waals surface area contributed by atoms with Gasteiger partial charge in [-0.1, -0.05) is 12.8 Å². The first-order chi connectivity index (χ1) is 9.08. The number of benzene rings is 1. The van der Waals surface area contributed by atoms with Gasteiger partial charge in [0.25, 0.3) is 0 Å². The number of carbonyl (C=O) groups is 1. The van der Waals surface area contributed by atoms with Crippen LogP contribution in [0.5, 0.6) is 0 Å². The van der Waals surface area contributed by atoms with Crippen LogP contribution in [0.1, 0.15) is 48.5 Å². The van der Waals surface area contributed by atoms with E-state index in [1.807, 2.05) is 0 Å². The monoisotopic (exact) mass is 265 g/mol. The van der Waals surface area contributed by atoms with Crippen molar-refractivity contribution in [1.29, 1.82) is 0 Å². The van der Waals surface area contributed by atoms with E-state index in [4.69, 9.17) is 5.11 Å². The van der Waals surface area contributed by atoms with E-state index in [0.717, 1.165) is 19.4 Å². The summed E-state index contributed by atoms with van der Waals surface area (Å²) in [5.74, 6) is -1.36. The van der Waals surface area contributed by atoms with Gasteiger partial charge in [-0.05, 0) is 50.1 Å². The van der Waals surface area contributed by atoms with E-state index in [-0.39, 0.29) is 11.4 Å². The van der Waals surface area contributed by atoms with Gasteiger partial charge in [0.2, 0.25) is 0 Å². The van der Waals surface area contributed by atoms with Crippen molar-refractivity contribution < 1.29 is 14.3 Å². The molecule has 1 fully saturated rings. The second-order valence-electron chi connectivity index (χ2n) is 5.28. The molecule has 3 nitrogen and oxygen atoms in total. The van der Waals surface area contributed by atoms with E-state index in [1.54, 1.807) is 0 Å². The van der Waals surface area contributed by atoms with Crippen LogP contribution < -0.4 is 0 Å². The molecule has 0 amide bonds. The van der Waals surface area contributed by atoms with Crippen molar-refractivity contribution >= 4 is 5.97 Å². The molecular formula is C15H20FNO2. The maximum Gasteiger partial charge on any atom is 0.336 e. The topological polar surface area (TPSA) is 40.5 Å². The summed E-state index contributed by atoms with van der Waals surface area (Å²) < 4.78 is 13.3. The van der Waals surface area contributed by atoms with Crippen molar-refractivity contribution in [3.63, 3.8) is 0 Å². The zero-order valence-corrected chi connectivity index (χ0v) is 11.2. The van der Waals surface area contributed by atoms with Crippen LogP contribution in [0.2, 0.25) is 0 Å². The molecule has 1 atom stereocenters. The molecule has 0 aliphatic carbocycles. The summed E-state index contributed by atoms with van der Waals surface area (Å²) in [6, 6.07) is 4.34. The largest absolute Gasteiger partial charge is 0.478 e. The van der Waals surface area contributed by atoms with Gasteiger partial charge in [0.15, 0.2) is 0 Å². The third kappa shape index (κ3) is 3.53. The number of nitrogens with zero attached hydrogens (tertiary/aromatic N) is 1. The lowest BCUT2D eigenvalue weighted by Gasteiger charge is -2.27. The number of rotatable bonds is 3. The molecule has 1 N–H and O–H groups in total. The molecule has 1 saturated heterocycles. The molecule has 1 heterocycles. The van der Waals surface area contributed by atoms with E-state index in [9.17, 15) is 9.18 Å². The molecule has 1 aromatic carbocycles. The number of carboxylic acids is 1. The Hall–Kier alpha value is -1.42. The fourth-order valence-corrected chi connectivity index (χ4v) is 2.69. The fraction of sp³-hybridized carbons (Fsp3) is 0.533. The van der Waals surface area contributed by atoms with Gasteiger partial charge in [-0.25, -0.2) is 9.18 Å². The number of carboxylic acid groups (broad SMARTS) is 1. The summed E-state index contributed by atoms with van der Waals surface area (Å²) in [7, 11) is 0. The van der Waals surface area contributed by atoms with Crippen molar-refractivity contribution in [2.45, 2.75) is 45.2 Å². The first-order valence-corrected chi connectivity index (χ1v) is 6.83. The molecule has 0 radical (unpaired) electrons. The minimum Gasteiger partial charge on any atom is -0.478 e. The van der Waals surface area contributed by atoms with Gasteiger partial charge in [0.05, 0.1) is 5.56 Å². The van der Waals surface area contributed by atoms with Crippen LogP contribution in [0.4, 0.5) is 4.39 Å². The van der Waals surface area contributed by atoms with Crippen molar-refractivity contribution in [3.8, 4) is 0 Å². The lowest BCUT2D eigenvalue weighted by molar-refractivity contribution is 0.0693. The summed E-state index contributed by atoms with van der Waals surface area (Å²) in [6.45, 7) is 3.63. The van der Waals surface area contributed by atoms with E-state index < -0.39 is 5.97 Å². The van der Waals surface area contributed by atoms with Crippen LogP contribution >= 0.6 is 0 Å². The van der Waals surface area contributed by atoms with Crippen LogP contribution in [0.25, 0.3) is 0 Å². The first kappa shape index (κ1) is 14.0. The van der Waals surface area contributed by atoms with Gasteiger partial charge >= 0.3 is 5.97 Å². The highest BCUT2D eigenvalue weighted by molar-refractivity contribution is 5.89. The Morgan fingerprint density at radius 2 is 2.21 bits per heavy atom.